The van der Waals surface area contributed by atoms with Gasteiger partial charge in [-0.15, -0.1) is 0 Å². The summed E-state index contributed by atoms with van der Waals surface area (Å²) in [7, 11) is 1.62. The quantitative estimate of drug-likeness (QED) is 0.825. The fourth-order valence-corrected chi connectivity index (χ4v) is 2.30. The van der Waals surface area contributed by atoms with E-state index in [9.17, 15) is 0 Å². The minimum Gasteiger partial charge on any atom is -0.481 e. The van der Waals surface area contributed by atoms with Crippen LogP contribution in [-0.4, -0.2) is 12.1 Å². The van der Waals surface area contributed by atoms with Crippen molar-refractivity contribution in [1.29, 1.82) is 0 Å². The van der Waals surface area contributed by atoms with Crippen LogP contribution in [0.1, 0.15) is 37.3 Å². The van der Waals surface area contributed by atoms with Crippen LogP contribution >= 0.6 is 0 Å². The number of methoxy groups -OCH3 is 1. The second-order valence-corrected chi connectivity index (χ2v) is 4.20. The molecular formula is C12H18N2O. The molecule has 2 N–H and O–H groups in total. The summed E-state index contributed by atoms with van der Waals surface area (Å²) in [5, 5.41) is 0. The third kappa shape index (κ3) is 2.29. The normalized spacial score (nSPS) is 19.1. The van der Waals surface area contributed by atoms with Crippen LogP contribution in [0, 0.1) is 5.92 Å². The van der Waals surface area contributed by atoms with Gasteiger partial charge >= 0.3 is 0 Å². The van der Waals surface area contributed by atoms with E-state index in [0.717, 1.165) is 5.56 Å². The maximum Gasteiger partial charge on any atom is 0.212 e. The summed E-state index contributed by atoms with van der Waals surface area (Å²) in [5.41, 5.74) is 7.34. The summed E-state index contributed by atoms with van der Waals surface area (Å²) >= 11 is 0. The predicted molar refractivity (Wildman–Crippen MR) is 59.7 cm³/mol. The lowest BCUT2D eigenvalue weighted by atomic mass is 9.94. The number of aromatic nitrogens is 1. The molecule has 1 aromatic heterocycles. The number of nitrogens with zero attached hydrogens (tertiary/aromatic N) is 1. The number of hydrogen-bond acceptors (Lipinski definition) is 3. The van der Waals surface area contributed by atoms with E-state index >= 15 is 0 Å². The molecule has 82 valence electrons. The zero-order valence-electron chi connectivity index (χ0n) is 9.15. The number of hydrogen-bond donors (Lipinski definition) is 1. The molecule has 1 aliphatic rings. The first-order valence-electron chi connectivity index (χ1n) is 5.57. The van der Waals surface area contributed by atoms with Gasteiger partial charge < -0.3 is 10.5 Å². The minimum atomic E-state index is 0.144. The predicted octanol–water partition coefficient (Wildman–Crippen LogP) is 2.28. The standard InChI is InChI=1S/C12H18N2O/c1-15-11-7-6-10(8-14-11)12(13)9-4-2-3-5-9/h6-9,12H,2-5,13H2,1H3/t12-/m1/s1. The molecule has 15 heavy (non-hydrogen) atoms. The van der Waals surface area contributed by atoms with Crippen molar-refractivity contribution in [3.63, 3.8) is 0 Å². The summed E-state index contributed by atoms with van der Waals surface area (Å²) in [6.45, 7) is 0. The lowest BCUT2D eigenvalue weighted by Crippen LogP contribution is -2.19. The van der Waals surface area contributed by atoms with E-state index in [4.69, 9.17) is 10.5 Å². The molecule has 1 aliphatic carbocycles. The van der Waals surface area contributed by atoms with Crippen molar-refractivity contribution < 1.29 is 4.74 Å². The largest absolute Gasteiger partial charge is 0.481 e. The molecule has 1 aromatic rings. The van der Waals surface area contributed by atoms with Crippen LogP contribution in [0.3, 0.4) is 0 Å². The smallest absolute Gasteiger partial charge is 0.212 e. The Labute approximate surface area is 90.7 Å². The third-order valence-corrected chi connectivity index (χ3v) is 3.26. The molecule has 0 aromatic carbocycles. The summed E-state index contributed by atoms with van der Waals surface area (Å²) < 4.78 is 5.02. The van der Waals surface area contributed by atoms with E-state index in [2.05, 4.69) is 4.98 Å². The highest BCUT2D eigenvalue weighted by atomic mass is 16.5. The van der Waals surface area contributed by atoms with Gasteiger partial charge in [-0.2, -0.15) is 0 Å². The topological polar surface area (TPSA) is 48.1 Å². The highest BCUT2D eigenvalue weighted by Crippen LogP contribution is 2.34. The monoisotopic (exact) mass is 206 g/mol. The molecule has 0 spiro atoms. The first kappa shape index (κ1) is 10.4. The maximum atomic E-state index is 6.21. The molecule has 1 atom stereocenters. The summed E-state index contributed by atoms with van der Waals surface area (Å²) in [6.07, 6.45) is 6.99. The van der Waals surface area contributed by atoms with Crippen molar-refractivity contribution >= 4 is 0 Å². The molecular weight excluding hydrogens is 188 g/mol. The lowest BCUT2D eigenvalue weighted by molar-refractivity contribution is 0.395. The average molecular weight is 206 g/mol. The van der Waals surface area contributed by atoms with Gasteiger partial charge in [0, 0.05) is 18.3 Å². The van der Waals surface area contributed by atoms with Gasteiger partial charge in [-0.25, -0.2) is 4.98 Å². The molecule has 0 unspecified atom stereocenters. The molecule has 1 heterocycles. The van der Waals surface area contributed by atoms with Gasteiger partial charge in [0.05, 0.1) is 7.11 Å². The Kier molecular flexibility index (Phi) is 3.21. The van der Waals surface area contributed by atoms with Crippen molar-refractivity contribution in [1.82, 2.24) is 4.98 Å². The lowest BCUT2D eigenvalue weighted by Gasteiger charge is -2.18. The van der Waals surface area contributed by atoms with Gasteiger partial charge in [0.25, 0.3) is 0 Å². The van der Waals surface area contributed by atoms with Crippen molar-refractivity contribution in [2.45, 2.75) is 31.7 Å². The molecule has 1 saturated carbocycles. The van der Waals surface area contributed by atoms with Crippen LogP contribution in [0.4, 0.5) is 0 Å². The summed E-state index contributed by atoms with van der Waals surface area (Å²) in [5.74, 6) is 1.29. The van der Waals surface area contributed by atoms with Crippen molar-refractivity contribution in [2.24, 2.45) is 11.7 Å². The van der Waals surface area contributed by atoms with E-state index in [-0.39, 0.29) is 6.04 Å². The number of pyridine rings is 1. The zero-order valence-corrected chi connectivity index (χ0v) is 9.15. The first-order valence-corrected chi connectivity index (χ1v) is 5.57. The van der Waals surface area contributed by atoms with Crippen LogP contribution in [0.2, 0.25) is 0 Å². The van der Waals surface area contributed by atoms with Gasteiger partial charge in [-0.3, -0.25) is 0 Å². The van der Waals surface area contributed by atoms with Gasteiger partial charge in [0.1, 0.15) is 0 Å². The average Bonchev–Trinajstić information content (AvgIpc) is 2.82. The van der Waals surface area contributed by atoms with Gasteiger partial charge in [0.2, 0.25) is 5.88 Å². The van der Waals surface area contributed by atoms with Crippen molar-refractivity contribution in [3.8, 4) is 5.88 Å². The fraction of sp³-hybridized carbons (Fsp3) is 0.583. The highest BCUT2D eigenvalue weighted by Gasteiger charge is 2.23. The molecule has 3 heteroatoms. The SMILES string of the molecule is COc1ccc([C@H](N)C2CCCC2)cn1. The maximum absolute atomic E-state index is 6.21. The van der Waals surface area contributed by atoms with E-state index in [0.29, 0.717) is 11.8 Å². The van der Waals surface area contributed by atoms with Crippen molar-refractivity contribution in [2.75, 3.05) is 7.11 Å². The fourth-order valence-electron chi connectivity index (χ4n) is 2.30. The Bertz CT molecular complexity index is 304. The number of nitrogens with two attached hydrogens (primary N) is 1. The third-order valence-electron chi connectivity index (χ3n) is 3.26. The summed E-state index contributed by atoms with van der Waals surface area (Å²) in [6, 6.07) is 4.05. The molecule has 0 amide bonds. The zero-order chi connectivity index (χ0) is 10.7. The van der Waals surface area contributed by atoms with Gasteiger partial charge in [-0.1, -0.05) is 18.9 Å². The second kappa shape index (κ2) is 4.62. The van der Waals surface area contributed by atoms with Crippen molar-refractivity contribution in [3.05, 3.63) is 23.9 Å². The van der Waals surface area contributed by atoms with E-state index in [1.807, 2.05) is 18.3 Å². The Morgan fingerprint density at radius 3 is 2.67 bits per heavy atom. The first-order chi connectivity index (χ1) is 7.31. The molecule has 1 fully saturated rings. The molecule has 2 rings (SSSR count). The Hall–Kier alpha value is -1.09. The van der Waals surface area contributed by atoms with Crippen LogP contribution in [-0.2, 0) is 0 Å². The molecule has 0 bridgehead atoms. The minimum absolute atomic E-state index is 0.144. The molecule has 3 nitrogen and oxygen atoms in total. The van der Waals surface area contributed by atoms with E-state index in [1.54, 1.807) is 7.11 Å². The molecule has 0 saturated heterocycles. The van der Waals surface area contributed by atoms with E-state index in [1.165, 1.54) is 25.7 Å². The van der Waals surface area contributed by atoms with Gasteiger partial charge in [0.15, 0.2) is 0 Å². The molecule has 0 radical (unpaired) electrons. The van der Waals surface area contributed by atoms with Crippen LogP contribution in [0.25, 0.3) is 0 Å². The Balaban J connectivity index is 2.07. The van der Waals surface area contributed by atoms with Crippen LogP contribution in [0.5, 0.6) is 5.88 Å². The highest BCUT2D eigenvalue weighted by molar-refractivity contribution is 5.21. The van der Waals surface area contributed by atoms with Crippen LogP contribution in [0.15, 0.2) is 18.3 Å². The summed E-state index contributed by atoms with van der Waals surface area (Å²) in [4.78, 5) is 4.19. The molecule has 0 aliphatic heterocycles. The Morgan fingerprint density at radius 1 is 1.40 bits per heavy atom. The van der Waals surface area contributed by atoms with Gasteiger partial charge in [-0.05, 0) is 24.3 Å². The number of rotatable bonds is 3. The van der Waals surface area contributed by atoms with E-state index < -0.39 is 0 Å². The Morgan fingerprint density at radius 2 is 2.13 bits per heavy atom. The number of ether oxygens (including phenoxy) is 1. The second-order valence-electron chi connectivity index (χ2n) is 4.20. The van der Waals surface area contributed by atoms with Crippen LogP contribution < -0.4 is 10.5 Å².